The first-order valence-corrected chi connectivity index (χ1v) is 6.39. The molecule has 20 heavy (non-hydrogen) atoms. The maximum Gasteiger partial charge on any atom is 0.257 e. The van der Waals surface area contributed by atoms with Gasteiger partial charge in [0.1, 0.15) is 0 Å². The van der Waals surface area contributed by atoms with Gasteiger partial charge in [-0.25, -0.2) is 0 Å². The van der Waals surface area contributed by atoms with E-state index in [4.69, 9.17) is 28.9 Å². The van der Waals surface area contributed by atoms with Crippen LogP contribution in [0.1, 0.15) is 20.7 Å². The summed E-state index contributed by atoms with van der Waals surface area (Å²) in [5.41, 5.74) is 6.14. The smallest absolute Gasteiger partial charge is 0.257 e. The third kappa shape index (κ3) is 3.29. The molecule has 0 aliphatic carbocycles. The van der Waals surface area contributed by atoms with Crippen LogP contribution in [0.2, 0.25) is 10.0 Å². The third-order valence-corrected chi connectivity index (χ3v) is 3.18. The number of anilines is 1. The number of hydrogen-bond donors (Lipinski definition) is 2. The lowest BCUT2D eigenvalue weighted by Gasteiger charge is -2.08. The van der Waals surface area contributed by atoms with Crippen LogP contribution in [0, 0.1) is 0 Å². The van der Waals surface area contributed by atoms with Gasteiger partial charge in [-0.2, -0.15) is 0 Å². The van der Waals surface area contributed by atoms with Crippen LogP contribution in [-0.4, -0.2) is 11.8 Å². The first-order valence-electron chi connectivity index (χ1n) is 5.63. The average Bonchev–Trinajstić information content (AvgIpc) is 2.41. The fraction of sp³-hybridized carbons (Fsp3) is 0. The third-order valence-electron chi connectivity index (χ3n) is 2.60. The number of primary amides is 1. The van der Waals surface area contributed by atoms with Gasteiger partial charge >= 0.3 is 0 Å². The van der Waals surface area contributed by atoms with Crippen molar-refractivity contribution in [3.8, 4) is 0 Å². The Bertz CT molecular complexity index is 669. The summed E-state index contributed by atoms with van der Waals surface area (Å²) in [6.07, 6.45) is 0. The Balaban J connectivity index is 2.26. The molecule has 0 fully saturated rings. The summed E-state index contributed by atoms with van der Waals surface area (Å²) in [5, 5.41) is 3.46. The average molecular weight is 309 g/mol. The Morgan fingerprint density at radius 2 is 1.65 bits per heavy atom. The van der Waals surface area contributed by atoms with Gasteiger partial charge in [0, 0.05) is 16.3 Å². The number of halogens is 2. The molecule has 6 heteroatoms. The Morgan fingerprint density at radius 3 is 2.25 bits per heavy atom. The second-order valence-corrected chi connectivity index (χ2v) is 4.86. The maximum atomic E-state index is 12.1. The van der Waals surface area contributed by atoms with E-state index in [0.717, 1.165) is 0 Å². The maximum absolute atomic E-state index is 12.1. The van der Waals surface area contributed by atoms with Crippen molar-refractivity contribution in [2.24, 2.45) is 5.73 Å². The van der Waals surface area contributed by atoms with Crippen molar-refractivity contribution in [3.05, 3.63) is 63.6 Å². The van der Waals surface area contributed by atoms with Gasteiger partial charge < -0.3 is 11.1 Å². The minimum atomic E-state index is -0.623. The highest BCUT2D eigenvalue weighted by atomic mass is 35.5. The zero-order valence-corrected chi connectivity index (χ0v) is 11.7. The van der Waals surface area contributed by atoms with Crippen LogP contribution in [-0.2, 0) is 0 Å². The number of carbonyl (C=O) groups is 2. The van der Waals surface area contributed by atoms with Gasteiger partial charge in [-0.15, -0.1) is 0 Å². The van der Waals surface area contributed by atoms with E-state index in [0.29, 0.717) is 10.7 Å². The van der Waals surface area contributed by atoms with Crippen molar-refractivity contribution < 1.29 is 9.59 Å². The number of carbonyl (C=O) groups excluding carboxylic acids is 2. The van der Waals surface area contributed by atoms with Crippen molar-refractivity contribution in [3.63, 3.8) is 0 Å². The minimum absolute atomic E-state index is 0.179. The number of rotatable bonds is 3. The molecular weight excluding hydrogens is 299 g/mol. The van der Waals surface area contributed by atoms with Crippen LogP contribution in [0.4, 0.5) is 5.69 Å². The molecule has 0 heterocycles. The molecule has 0 aliphatic rings. The zero-order valence-electron chi connectivity index (χ0n) is 10.2. The molecule has 2 amide bonds. The highest BCUT2D eigenvalue weighted by Gasteiger charge is 2.13. The van der Waals surface area contributed by atoms with Crippen molar-refractivity contribution in [1.82, 2.24) is 0 Å². The molecule has 0 atom stereocenters. The summed E-state index contributed by atoms with van der Waals surface area (Å²) < 4.78 is 0. The summed E-state index contributed by atoms with van der Waals surface area (Å²) >= 11 is 11.7. The summed E-state index contributed by atoms with van der Waals surface area (Å²) in [7, 11) is 0. The standard InChI is InChI=1S/C14H10Cl2N2O2/c15-9-2-4-10(5-3-9)18-14(20)11-7-8(13(17)19)1-6-12(11)16/h1-7H,(H2,17,19)(H,18,20). The number of hydrogen-bond acceptors (Lipinski definition) is 2. The van der Waals surface area contributed by atoms with E-state index in [9.17, 15) is 9.59 Å². The molecule has 0 aliphatic heterocycles. The SMILES string of the molecule is NC(=O)c1ccc(Cl)c(C(=O)Nc2ccc(Cl)cc2)c1. The molecular formula is C14H10Cl2N2O2. The quantitative estimate of drug-likeness (QED) is 0.912. The fourth-order valence-corrected chi connectivity index (χ4v) is 1.91. The molecule has 2 rings (SSSR count). The minimum Gasteiger partial charge on any atom is -0.366 e. The lowest BCUT2D eigenvalue weighted by atomic mass is 10.1. The van der Waals surface area contributed by atoms with Crippen LogP contribution in [0.15, 0.2) is 42.5 Å². The molecule has 0 bridgehead atoms. The predicted molar refractivity (Wildman–Crippen MR) is 79.4 cm³/mol. The molecule has 0 unspecified atom stereocenters. The number of nitrogens with one attached hydrogen (secondary N) is 1. The normalized spacial score (nSPS) is 10.1. The molecule has 0 spiro atoms. The molecule has 0 radical (unpaired) electrons. The van der Waals surface area contributed by atoms with Crippen LogP contribution in [0.25, 0.3) is 0 Å². The highest BCUT2D eigenvalue weighted by molar-refractivity contribution is 6.34. The molecule has 0 saturated heterocycles. The van der Waals surface area contributed by atoms with E-state index in [1.807, 2.05) is 0 Å². The second kappa shape index (κ2) is 5.94. The molecule has 2 aromatic carbocycles. The largest absolute Gasteiger partial charge is 0.366 e. The van der Waals surface area contributed by atoms with Gasteiger partial charge in [0.25, 0.3) is 5.91 Å². The summed E-state index contributed by atoms with van der Waals surface area (Å²) in [6, 6.07) is 10.9. The van der Waals surface area contributed by atoms with E-state index in [1.54, 1.807) is 24.3 Å². The Hall–Kier alpha value is -2.04. The second-order valence-electron chi connectivity index (χ2n) is 4.02. The van der Waals surface area contributed by atoms with E-state index >= 15 is 0 Å². The van der Waals surface area contributed by atoms with Crippen LogP contribution in [0.5, 0.6) is 0 Å². The predicted octanol–water partition coefficient (Wildman–Crippen LogP) is 3.34. The fourth-order valence-electron chi connectivity index (χ4n) is 1.58. The Labute approximate surface area is 125 Å². The van der Waals surface area contributed by atoms with Gasteiger partial charge in [0.15, 0.2) is 0 Å². The molecule has 4 nitrogen and oxygen atoms in total. The van der Waals surface area contributed by atoms with Crippen molar-refractivity contribution in [1.29, 1.82) is 0 Å². The number of amides is 2. The lowest BCUT2D eigenvalue weighted by Crippen LogP contribution is -2.16. The van der Waals surface area contributed by atoms with Gasteiger partial charge in [0.2, 0.25) is 5.91 Å². The molecule has 102 valence electrons. The van der Waals surface area contributed by atoms with E-state index in [1.165, 1.54) is 18.2 Å². The van der Waals surface area contributed by atoms with E-state index < -0.39 is 11.8 Å². The van der Waals surface area contributed by atoms with Gasteiger partial charge in [-0.1, -0.05) is 23.2 Å². The van der Waals surface area contributed by atoms with Crippen molar-refractivity contribution in [2.75, 3.05) is 5.32 Å². The highest BCUT2D eigenvalue weighted by Crippen LogP contribution is 2.20. The first-order chi connectivity index (χ1) is 9.47. The topological polar surface area (TPSA) is 72.2 Å². The Morgan fingerprint density at radius 1 is 1.00 bits per heavy atom. The molecule has 3 N–H and O–H groups in total. The van der Waals surface area contributed by atoms with Gasteiger partial charge in [-0.3, -0.25) is 9.59 Å². The molecule has 2 aromatic rings. The van der Waals surface area contributed by atoms with Crippen LogP contribution in [0.3, 0.4) is 0 Å². The lowest BCUT2D eigenvalue weighted by molar-refractivity contribution is 0.1000. The monoisotopic (exact) mass is 308 g/mol. The van der Waals surface area contributed by atoms with Crippen LogP contribution < -0.4 is 11.1 Å². The van der Waals surface area contributed by atoms with Gasteiger partial charge in [-0.05, 0) is 42.5 Å². The molecule has 0 saturated carbocycles. The molecule has 0 aromatic heterocycles. The van der Waals surface area contributed by atoms with Crippen molar-refractivity contribution >= 4 is 40.7 Å². The van der Waals surface area contributed by atoms with Crippen molar-refractivity contribution in [2.45, 2.75) is 0 Å². The summed E-state index contributed by atoms with van der Waals surface area (Å²) in [4.78, 5) is 23.2. The van der Waals surface area contributed by atoms with E-state index in [-0.39, 0.29) is 16.1 Å². The first kappa shape index (κ1) is 14.4. The number of nitrogens with two attached hydrogens (primary N) is 1. The zero-order chi connectivity index (χ0) is 14.7. The Kier molecular flexibility index (Phi) is 4.27. The van der Waals surface area contributed by atoms with Crippen LogP contribution >= 0.6 is 23.2 Å². The summed E-state index contributed by atoms with van der Waals surface area (Å²) in [5.74, 6) is -1.05. The number of benzene rings is 2. The van der Waals surface area contributed by atoms with E-state index in [2.05, 4.69) is 5.32 Å². The summed E-state index contributed by atoms with van der Waals surface area (Å²) in [6.45, 7) is 0. The van der Waals surface area contributed by atoms with Gasteiger partial charge in [0.05, 0.1) is 10.6 Å².